The monoisotopic (exact) mass is 182 g/mol. The summed E-state index contributed by atoms with van der Waals surface area (Å²) >= 11 is 1.55. The average Bonchev–Trinajstić information content (AvgIpc) is 2.77. The maximum atomic E-state index is 11.6. The third-order valence-electron chi connectivity index (χ3n) is 2.03. The molecular formula is C9H10O2S. The fraction of sp³-hybridized carbons (Fsp3) is 0.444. The Morgan fingerprint density at radius 1 is 1.67 bits per heavy atom. The van der Waals surface area contributed by atoms with Crippen molar-refractivity contribution in [2.75, 3.05) is 6.61 Å². The Balaban J connectivity index is 2.09. The lowest BCUT2D eigenvalue weighted by Crippen LogP contribution is -2.18. The highest BCUT2D eigenvalue weighted by molar-refractivity contribution is 7.08. The van der Waals surface area contributed by atoms with E-state index in [4.69, 9.17) is 4.74 Å². The number of Topliss-reactive ketones (excluding diaryl/α,β-unsaturated/α-hetero) is 1. The van der Waals surface area contributed by atoms with E-state index in [1.165, 1.54) is 0 Å². The fourth-order valence-electron chi connectivity index (χ4n) is 1.37. The van der Waals surface area contributed by atoms with Crippen LogP contribution in [0, 0.1) is 0 Å². The average molecular weight is 182 g/mol. The molecule has 12 heavy (non-hydrogen) atoms. The second kappa shape index (κ2) is 3.37. The maximum Gasteiger partial charge on any atom is 0.192 e. The highest BCUT2D eigenvalue weighted by atomic mass is 32.1. The third kappa shape index (κ3) is 1.42. The Labute approximate surface area is 75.2 Å². The minimum Gasteiger partial charge on any atom is -0.370 e. The van der Waals surface area contributed by atoms with Crippen LogP contribution in [0.2, 0.25) is 0 Å². The molecule has 0 aromatic carbocycles. The molecule has 0 saturated carbocycles. The first-order valence-corrected chi connectivity index (χ1v) is 5.00. The SMILES string of the molecule is O=C(c1ccsc1)C1CCCO1. The van der Waals surface area contributed by atoms with Crippen molar-refractivity contribution in [3.05, 3.63) is 22.4 Å². The maximum absolute atomic E-state index is 11.6. The molecule has 1 aliphatic rings. The molecule has 64 valence electrons. The van der Waals surface area contributed by atoms with Gasteiger partial charge in [0.05, 0.1) is 0 Å². The van der Waals surface area contributed by atoms with Crippen LogP contribution in [0.1, 0.15) is 23.2 Å². The van der Waals surface area contributed by atoms with Gasteiger partial charge < -0.3 is 4.74 Å². The lowest BCUT2D eigenvalue weighted by molar-refractivity contribution is 0.0643. The summed E-state index contributed by atoms with van der Waals surface area (Å²) in [4.78, 5) is 11.6. The molecule has 0 N–H and O–H groups in total. The van der Waals surface area contributed by atoms with Crippen LogP contribution in [0.4, 0.5) is 0 Å². The van der Waals surface area contributed by atoms with Crippen molar-refractivity contribution >= 4 is 17.1 Å². The Morgan fingerprint density at radius 3 is 3.17 bits per heavy atom. The molecule has 1 fully saturated rings. The van der Waals surface area contributed by atoms with Gasteiger partial charge in [0.1, 0.15) is 6.10 Å². The van der Waals surface area contributed by atoms with Gasteiger partial charge in [0.25, 0.3) is 0 Å². The molecule has 2 rings (SSSR count). The number of hydrogen-bond acceptors (Lipinski definition) is 3. The van der Waals surface area contributed by atoms with Gasteiger partial charge in [-0.25, -0.2) is 0 Å². The minimum atomic E-state index is -0.167. The highest BCUT2D eigenvalue weighted by Gasteiger charge is 2.24. The molecule has 1 atom stereocenters. The molecule has 1 unspecified atom stereocenters. The van der Waals surface area contributed by atoms with Gasteiger partial charge in [-0.2, -0.15) is 11.3 Å². The molecular weight excluding hydrogens is 172 g/mol. The normalized spacial score (nSPS) is 22.8. The topological polar surface area (TPSA) is 26.3 Å². The Kier molecular flexibility index (Phi) is 2.23. The lowest BCUT2D eigenvalue weighted by atomic mass is 10.1. The van der Waals surface area contributed by atoms with Crippen LogP contribution in [0.25, 0.3) is 0 Å². The minimum absolute atomic E-state index is 0.147. The Bertz CT molecular complexity index is 260. The van der Waals surface area contributed by atoms with E-state index in [1.54, 1.807) is 11.3 Å². The molecule has 1 saturated heterocycles. The Hall–Kier alpha value is -0.670. The quantitative estimate of drug-likeness (QED) is 0.655. The van der Waals surface area contributed by atoms with Gasteiger partial charge in [-0.15, -0.1) is 0 Å². The van der Waals surface area contributed by atoms with Crippen LogP contribution in [0.3, 0.4) is 0 Å². The smallest absolute Gasteiger partial charge is 0.192 e. The predicted octanol–water partition coefficient (Wildman–Crippen LogP) is 2.11. The van der Waals surface area contributed by atoms with Crippen LogP contribution in [0.15, 0.2) is 16.8 Å². The van der Waals surface area contributed by atoms with Crippen LogP contribution in [-0.4, -0.2) is 18.5 Å². The van der Waals surface area contributed by atoms with Crippen LogP contribution < -0.4 is 0 Å². The standard InChI is InChI=1S/C9H10O2S/c10-9(7-3-5-12-6-7)8-2-1-4-11-8/h3,5-6,8H,1-2,4H2. The highest BCUT2D eigenvalue weighted by Crippen LogP contribution is 2.18. The number of carbonyl (C=O) groups is 1. The molecule has 0 aliphatic carbocycles. The molecule has 2 nitrogen and oxygen atoms in total. The first kappa shape index (κ1) is 7.95. The van der Waals surface area contributed by atoms with E-state index in [-0.39, 0.29) is 11.9 Å². The number of ketones is 1. The predicted molar refractivity (Wildman–Crippen MR) is 47.6 cm³/mol. The second-order valence-corrected chi connectivity index (χ2v) is 3.66. The van der Waals surface area contributed by atoms with E-state index >= 15 is 0 Å². The molecule has 1 aromatic rings. The van der Waals surface area contributed by atoms with Gasteiger partial charge in [0.2, 0.25) is 0 Å². The summed E-state index contributed by atoms with van der Waals surface area (Å²) in [5.41, 5.74) is 0.798. The molecule has 0 spiro atoms. The van der Waals surface area contributed by atoms with E-state index < -0.39 is 0 Å². The molecule has 0 radical (unpaired) electrons. The van der Waals surface area contributed by atoms with Crippen LogP contribution in [0.5, 0.6) is 0 Å². The van der Waals surface area contributed by atoms with Gasteiger partial charge in [0.15, 0.2) is 5.78 Å². The summed E-state index contributed by atoms with van der Waals surface area (Å²) < 4.78 is 5.29. The number of thiophene rings is 1. The van der Waals surface area contributed by atoms with Crippen molar-refractivity contribution in [1.29, 1.82) is 0 Å². The van der Waals surface area contributed by atoms with Crippen molar-refractivity contribution in [3.63, 3.8) is 0 Å². The zero-order valence-corrected chi connectivity index (χ0v) is 7.47. The first-order valence-electron chi connectivity index (χ1n) is 4.06. The molecule has 1 aromatic heterocycles. The number of hydrogen-bond donors (Lipinski definition) is 0. The zero-order valence-electron chi connectivity index (χ0n) is 6.66. The lowest BCUT2D eigenvalue weighted by Gasteiger charge is -2.05. The van der Waals surface area contributed by atoms with Crippen molar-refractivity contribution in [1.82, 2.24) is 0 Å². The van der Waals surface area contributed by atoms with E-state index in [2.05, 4.69) is 0 Å². The van der Waals surface area contributed by atoms with Gasteiger partial charge in [-0.05, 0) is 24.3 Å². The summed E-state index contributed by atoms with van der Waals surface area (Å²) in [7, 11) is 0. The number of ether oxygens (including phenoxy) is 1. The fourth-order valence-corrected chi connectivity index (χ4v) is 2.02. The van der Waals surface area contributed by atoms with Crippen molar-refractivity contribution in [2.24, 2.45) is 0 Å². The van der Waals surface area contributed by atoms with Crippen molar-refractivity contribution < 1.29 is 9.53 Å². The van der Waals surface area contributed by atoms with Gasteiger partial charge in [-0.1, -0.05) is 0 Å². The van der Waals surface area contributed by atoms with E-state index in [9.17, 15) is 4.79 Å². The summed E-state index contributed by atoms with van der Waals surface area (Å²) in [5.74, 6) is 0.147. The second-order valence-electron chi connectivity index (χ2n) is 2.88. The molecule has 0 amide bonds. The van der Waals surface area contributed by atoms with E-state index in [0.717, 1.165) is 25.0 Å². The van der Waals surface area contributed by atoms with Crippen LogP contribution >= 0.6 is 11.3 Å². The van der Waals surface area contributed by atoms with Crippen LogP contribution in [-0.2, 0) is 4.74 Å². The largest absolute Gasteiger partial charge is 0.370 e. The van der Waals surface area contributed by atoms with Crippen molar-refractivity contribution in [2.45, 2.75) is 18.9 Å². The van der Waals surface area contributed by atoms with Gasteiger partial charge >= 0.3 is 0 Å². The van der Waals surface area contributed by atoms with Gasteiger partial charge in [-0.3, -0.25) is 4.79 Å². The molecule has 2 heterocycles. The summed E-state index contributed by atoms with van der Waals surface area (Å²) in [6.07, 6.45) is 1.73. The summed E-state index contributed by atoms with van der Waals surface area (Å²) in [5, 5.41) is 3.80. The molecule has 0 bridgehead atoms. The first-order chi connectivity index (χ1) is 5.88. The third-order valence-corrected chi connectivity index (χ3v) is 2.71. The number of rotatable bonds is 2. The zero-order chi connectivity index (χ0) is 8.39. The van der Waals surface area contributed by atoms with E-state index in [0.29, 0.717) is 0 Å². The van der Waals surface area contributed by atoms with Crippen molar-refractivity contribution in [3.8, 4) is 0 Å². The summed E-state index contributed by atoms with van der Waals surface area (Å²) in [6.45, 7) is 0.737. The molecule has 1 aliphatic heterocycles. The van der Waals surface area contributed by atoms with E-state index in [1.807, 2.05) is 16.8 Å². The summed E-state index contributed by atoms with van der Waals surface area (Å²) in [6, 6.07) is 1.86. The molecule has 3 heteroatoms. The Morgan fingerprint density at radius 2 is 2.58 bits per heavy atom. The number of carbonyl (C=O) groups excluding carboxylic acids is 1. The van der Waals surface area contributed by atoms with Gasteiger partial charge in [0, 0.05) is 17.6 Å².